The molecule has 0 spiro atoms. The van der Waals surface area contributed by atoms with Crippen LogP contribution in [-0.4, -0.2) is 62.7 Å². The van der Waals surface area contributed by atoms with Crippen molar-refractivity contribution in [3.8, 4) is 0 Å². The summed E-state index contributed by atoms with van der Waals surface area (Å²) in [6.45, 7) is 2.85. The normalized spacial score (nSPS) is 15.3. The second kappa shape index (κ2) is 7.65. The molecule has 3 rings (SSSR count). The molecule has 1 fully saturated rings. The van der Waals surface area contributed by atoms with Gasteiger partial charge in [0.25, 0.3) is 5.91 Å². The summed E-state index contributed by atoms with van der Waals surface area (Å²) >= 11 is 12.4. The van der Waals surface area contributed by atoms with Crippen LogP contribution in [0.1, 0.15) is 26.4 Å². The second-order valence-corrected chi connectivity index (χ2v) is 6.95. The van der Waals surface area contributed by atoms with Gasteiger partial charge < -0.3 is 10.0 Å². The molecule has 1 N–H and O–H groups in total. The largest absolute Gasteiger partial charge is 0.478 e. The van der Waals surface area contributed by atoms with Crippen LogP contribution in [0.2, 0.25) is 10.0 Å². The number of hydrogen-bond acceptors (Lipinski definition) is 4. The Kier molecular flexibility index (Phi) is 5.50. The summed E-state index contributed by atoms with van der Waals surface area (Å²) in [5, 5.41) is 14.5. The van der Waals surface area contributed by atoms with Crippen molar-refractivity contribution in [3.05, 3.63) is 51.3 Å². The van der Waals surface area contributed by atoms with E-state index in [1.807, 2.05) is 0 Å². The maximum Gasteiger partial charge on any atom is 0.339 e. The molecule has 1 saturated heterocycles. The van der Waals surface area contributed by atoms with Crippen LogP contribution in [-0.2, 0) is 13.6 Å². The van der Waals surface area contributed by atoms with E-state index in [-0.39, 0.29) is 17.2 Å². The maximum absolute atomic E-state index is 12.6. The van der Waals surface area contributed by atoms with E-state index >= 15 is 0 Å². The number of hydrogen-bond donors (Lipinski definition) is 1. The zero-order valence-corrected chi connectivity index (χ0v) is 15.7. The van der Waals surface area contributed by atoms with Gasteiger partial charge in [0, 0.05) is 61.6 Å². The highest BCUT2D eigenvalue weighted by molar-refractivity contribution is 6.35. The van der Waals surface area contributed by atoms with Crippen LogP contribution in [0.3, 0.4) is 0 Å². The molecule has 1 aliphatic rings. The molecule has 0 unspecified atom stereocenters. The molecular weight excluding hydrogens is 379 g/mol. The molecule has 26 heavy (non-hydrogen) atoms. The van der Waals surface area contributed by atoms with E-state index in [2.05, 4.69) is 10.00 Å². The van der Waals surface area contributed by atoms with Crippen LogP contribution in [0.4, 0.5) is 0 Å². The molecule has 9 heteroatoms. The summed E-state index contributed by atoms with van der Waals surface area (Å²) in [5.74, 6) is -1.52. The Morgan fingerprint density at radius 3 is 2.35 bits per heavy atom. The van der Waals surface area contributed by atoms with Crippen LogP contribution in [0.15, 0.2) is 24.4 Å². The predicted molar refractivity (Wildman–Crippen MR) is 97.8 cm³/mol. The number of aromatic nitrogens is 2. The summed E-state index contributed by atoms with van der Waals surface area (Å²) in [5.41, 5.74) is 0.763. The average molecular weight is 397 g/mol. The highest BCUT2D eigenvalue weighted by Gasteiger charge is 2.28. The van der Waals surface area contributed by atoms with Crippen molar-refractivity contribution in [1.29, 1.82) is 0 Å². The summed E-state index contributed by atoms with van der Waals surface area (Å²) in [7, 11) is 1.59. The van der Waals surface area contributed by atoms with Gasteiger partial charge in [-0.3, -0.25) is 14.4 Å². The van der Waals surface area contributed by atoms with Crippen molar-refractivity contribution in [1.82, 2.24) is 19.6 Å². The molecule has 2 heterocycles. The molecule has 0 aliphatic carbocycles. The Morgan fingerprint density at radius 1 is 1.15 bits per heavy atom. The molecule has 138 valence electrons. The van der Waals surface area contributed by atoms with Gasteiger partial charge in [0.1, 0.15) is 5.56 Å². The number of amides is 1. The minimum Gasteiger partial charge on any atom is -0.478 e. The first-order chi connectivity index (χ1) is 12.4. The van der Waals surface area contributed by atoms with E-state index in [0.29, 0.717) is 42.8 Å². The van der Waals surface area contributed by atoms with E-state index in [9.17, 15) is 14.7 Å². The second-order valence-electron chi connectivity index (χ2n) is 6.14. The van der Waals surface area contributed by atoms with Crippen molar-refractivity contribution in [2.45, 2.75) is 6.54 Å². The fourth-order valence-electron chi connectivity index (χ4n) is 2.97. The quantitative estimate of drug-likeness (QED) is 0.857. The lowest BCUT2D eigenvalue weighted by Gasteiger charge is -2.34. The van der Waals surface area contributed by atoms with Gasteiger partial charge in [0.2, 0.25) is 0 Å². The van der Waals surface area contributed by atoms with Crippen molar-refractivity contribution in [3.63, 3.8) is 0 Å². The van der Waals surface area contributed by atoms with Gasteiger partial charge in [-0.2, -0.15) is 5.10 Å². The number of piperazine rings is 1. The third-order valence-electron chi connectivity index (χ3n) is 4.36. The third kappa shape index (κ3) is 3.85. The van der Waals surface area contributed by atoms with Gasteiger partial charge in [-0.05, 0) is 12.1 Å². The topological polar surface area (TPSA) is 78.7 Å². The average Bonchev–Trinajstić information content (AvgIpc) is 3.00. The lowest BCUT2D eigenvalue weighted by Crippen LogP contribution is -2.48. The van der Waals surface area contributed by atoms with Crippen LogP contribution in [0.5, 0.6) is 0 Å². The Balaban J connectivity index is 1.65. The fourth-order valence-corrected chi connectivity index (χ4v) is 3.49. The molecule has 2 aromatic rings. The van der Waals surface area contributed by atoms with Crippen LogP contribution in [0.25, 0.3) is 0 Å². The third-order valence-corrected chi connectivity index (χ3v) is 5.07. The number of carboxylic acids is 1. The van der Waals surface area contributed by atoms with Gasteiger partial charge in [-0.15, -0.1) is 0 Å². The standard InChI is InChI=1S/C17H18Cl2N4O3/c1-21-9-12(17(25)26)15(20-21)16(24)23-7-5-22(6-8-23)10-11-13(18)3-2-4-14(11)19/h2-4,9H,5-8,10H2,1H3,(H,25,26). The van der Waals surface area contributed by atoms with E-state index < -0.39 is 5.97 Å². The predicted octanol–water partition coefficient (Wildman–Crippen LogP) is 2.38. The summed E-state index contributed by atoms with van der Waals surface area (Å²) in [6, 6.07) is 5.41. The van der Waals surface area contributed by atoms with E-state index in [0.717, 1.165) is 5.56 Å². The smallest absolute Gasteiger partial charge is 0.339 e. The first-order valence-corrected chi connectivity index (χ1v) is 8.84. The number of carbonyl (C=O) groups excluding carboxylic acids is 1. The zero-order chi connectivity index (χ0) is 18.8. The number of halogens is 2. The molecule has 1 amide bonds. The Morgan fingerprint density at radius 2 is 1.77 bits per heavy atom. The van der Waals surface area contributed by atoms with Crippen molar-refractivity contribution < 1.29 is 14.7 Å². The number of nitrogens with zero attached hydrogens (tertiary/aromatic N) is 4. The molecule has 0 atom stereocenters. The van der Waals surface area contributed by atoms with Crippen molar-refractivity contribution in [2.75, 3.05) is 26.2 Å². The Hall–Kier alpha value is -2.09. The van der Waals surface area contributed by atoms with Crippen molar-refractivity contribution >= 4 is 35.1 Å². The number of carboxylic acid groups (broad SMARTS) is 1. The SMILES string of the molecule is Cn1cc(C(=O)O)c(C(=O)N2CCN(Cc3c(Cl)cccc3Cl)CC2)n1. The first kappa shape index (κ1) is 18.7. The van der Waals surface area contributed by atoms with Crippen LogP contribution >= 0.6 is 23.2 Å². The van der Waals surface area contributed by atoms with E-state index in [1.165, 1.54) is 10.9 Å². The molecule has 1 aliphatic heterocycles. The van der Waals surface area contributed by atoms with Gasteiger partial charge in [-0.25, -0.2) is 4.79 Å². The van der Waals surface area contributed by atoms with Crippen molar-refractivity contribution in [2.24, 2.45) is 7.05 Å². The molecule has 0 saturated carbocycles. The zero-order valence-electron chi connectivity index (χ0n) is 14.2. The molecule has 0 radical (unpaired) electrons. The summed E-state index contributed by atoms with van der Waals surface area (Å²) in [6.07, 6.45) is 1.34. The van der Waals surface area contributed by atoms with Gasteiger partial charge in [0.15, 0.2) is 5.69 Å². The lowest BCUT2D eigenvalue weighted by atomic mass is 10.1. The lowest BCUT2D eigenvalue weighted by molar-refractivity contribution is 0.0604. The van der Waals surface area contributed by atoms with Crippen LogP contribution in [0, 0.1) is 0 Å². The van der Waals surface area contributed by atoms with Gasteiger partial charge >= 0.3 is 5.97 Å². The molecule has 1 aromatic carbocycles. The highest BCUT2D eigenvalue weighted by atomic mass is 35.5. The van der Waals surface area contributed by atoms with E-state index in [1.54, 1.807) is 30.1 Å². The monoisotopic (exact) mass is 396 g/mol. The van der Waals surface area contributed by atoms with Gasteiger partial charge in [0.05, 0.1) is 0 Å². The highest BCUT2D eigenvalue weighted by Crippen LogP contribution is 2.26. The Labute approximate surface area is 160 Å². The molecule has 7 nitrogen and oxygen atoms in total. The maximum atomic E-state index is 12.6. The fraction of sp³-hybridized carbons (Fsp3) is 0.353. The molecule has 0 bridgehead atoms. The summed E-state index contributed by atoms with van der Waals surface area (Å²) in [4.78, 5) is 27.7. The molecule has 1 aromatic heterocycles. The number of aromatic carboxylic acids is 1. The number of carbonyl (C=O) groups is 2. The minimum absolute atomic E-state index is 0.0254. The minimum atomic E-state index is -1.16. The van der Waals surface area contributed by atoms with E-state index in [4.69, 9.17) is 23.2 Å². The number of benzene rings is 1. The number of rotatable bonds is 4. The number of aryl methyl sites for hydroxylation is 1. The van der Waals surface area contributed by atoms with Crippen LogP contribution < -0.4 is 0 Å². The Bertz CT molecular complexity index is 824. The summed E-state index contributed by atoms with van der Waals surface area (Å²) < 4.78 is 1.34. The molecular formula is C17H18Cl2N4O3. The van der Waals surface area contributed by atoms with Gasteiger partial charge in [-0.1, -0.05) is 29.3 Å². The first-order valence-electron chi connectivity index (χ1n) is 8.08.